The van der Waals surface area contributed by atoms with E-state index in [2.05, 4.69) is 39.1 Å². The monoisotopic (exact) mass is 211 g/mol. The van der Waals surface area contributed by atoms with Gasteiger partial charge in [0.2, 0.25) is 0 Å². The average Bonchev–Trinajstić information content (AvgIpc) is 2.17. The Kier molecular flexibility index (Phi) is 10.0. The number of allylic oxidation sites excluding steroid dienone is 2. The molecule has 0 heterocycles. The van der Waals surface area contributed by atoms with Gasteiger partial charge in [-0.25, -0.2) is 0 Å². The Hall–Kier alpha value is -0.300. The van der Waals surface area contributed by atoms with Crippen molar-refractivity contribution < 1.29 is 0 Å². The van der Waals surface area contributed by atoms with E-state index in [1.54, 1.807) is 0 Å². The summed E-state index contributed by atoms with van der Waals surface area (Å²) < 4.78 is 0. The molecule has 0 aliphatic rings. The maximum absolute atomic E-state index is 3.50. The number of nitrogens with one attached hydrogen (secondary N) is 1. The van der Waals surface area contributed by atoms with Gasteiger partial charge in [-0.05, 0) is 58.5 Å². The van der Waals surface area contributed by atoms with Crippen molar-refractivity contribution in [3.8, 4) is 0 Å². The van der Waals surface area contributed by atoms with Gasteiger partial charge in [-0.15, -0.1) is 0 Å². The van der Waals surface area contributed by atoms with E-state index >= 15 is 0 Å². The maximum atomic E-state index is 3.50. The third kappa shape index (κ3) is 11.6. The van der Waals surface area contributed by atoms with Crippen LogP contribution in [0.5, 0.6) is 0 Å². The normalized spacial score (nSPS) is 12.5. The molecular weight excluding hydrogens is 182 g/mol. The van der Waals surface area contributed by atoms with E-state index in [-0.39, 0.29) is 0 Å². The Morgan fingerprint density at radius 2 is 1.93 bits per heavy atom. The van der Waals surface area contributed by atoms with Crippen LogP contribution in [0, 0.1) is 5.92 Å². The van der Waals surface area contributed by atoms with E-state index in [4.69, 9.17) is 0 Å². The zero-order valence-corrected chi connectivity index (χ0v) is 11.1. The van der Waals surface area contributed by atoms with Crippen LogP contribution in [0.3, 0.4) is 0 Å². The Morgan fingerprint density at radius 1 is 1.20 bits per heavy atom. The van der Waals surface area contributed by atoms with Crippen LogP contribution in [0.4, 0.5) is 0 Å². The largest absolute Gasteiger partial charge is 0.317 e. The first-order chi connectivity index (χ1) is 7.16. The molecule has 0 amide bonds. The van der Waals surface area contributed by atoms with Crippen molar-refractivity contribution >= 4 is 0 Å². The summed E-state index contributed by atoms with van der Waals surface area (Å²) in [6.07, 6.45) is 8.86. The van der Waals surface area contributed by atoms with Crippen LogP contribution in [0.25, 0.3) is 0 Å². The number of unbranched alkanes of at least 4 members (excludes halogenated alkanes) is 1. The minimum absolute atomic E-state index is 0.856. The van der Waals surface area contributed by atoms with Gasteiger partial charge in [0.05, 0.1) is 0 Å². The Morgan fingerprint density at radius 3 is 2.53 bits per heavy atom. The SMILES string of the molecule is CCCCNCCC(C)CCC=C(C)C. The first-order valence-electron chi connectivity index (χ1n) is 6.50. The Bertz CT molecular complexity index is 157. The zero-order chi connectivity index (χ0) is 11.5. The molecule has 0 aliphatic carbocycles. The molecule has 0 aromatic heterocycles. The average molecular weight is 211 g/mol. The second kappa shape index (κ2) is 10.2. The number of rotatable bonds is 9. The fraction of sp³-hybridized carbons (Fsp3) is 0.857. The zero-order valence-electron chi connectivity index (χ0n) is 11.1. The molecule has 1 N–H and O–H groups in total. The molecule has 0 spiro atoms. The van der Waals surface area contributed by atoms with E-state index in [0.29, 0.717) is 0 Å². The fourth-order valence-corrected chi connectivity index (χ4v) is 1.58. The van der Waals surface area contributed by atoms with Crippen LogP contribution >= 0.6 is 0 Å². The summed E-state index contributed by atoms with van der Waals surface area (Å²) in [6.45, 7) is 11.3. The van der Waals surface area contributed by atoms with E-state index in [0.717, 1.165) is 5.92 Å². The molecule has 0 aliphatic heterocycles. The minimum atomic E-state index is 0.856. The van der Waals surface area contributed by atoms with Crippen molar-refractivity contribution in [2.75, 3.05) is 13.1 Å². The van der Waals surface area contributed by atoms with Gasteiger partial charge in [-0.3, -0.25) is 0 Å². The molecule has 0 saturated heterocycles. The molecule has 0 aromatic carbocycles. The lowest BCUT2D eigenvalue weighted by molar-refractivity contribution is 0.471. The molecule has 0 bridgehead atoms. The molecule has 0 radical (unpaired) electrons. The fourth-order valence-electron chi connectivity index (χ4n) is 1.58. The highest BCUT2D eigenvalue weighted by Crippen LogP contribution is 2.10. The lowest BCUT2D eigenvalue weighted by Crippen LogP contribution is -2.18. The number of hydrogen-bond donors (Lipinski definition) is 1. The molecule has 15 heavy (non-hydrogen) atoms. The van der Waals surface area contributed by atoms with Crippen molar-refractivity contribution in [2.24, 2.45) is 5.92 Å². The van der Waals surface area contributed by atoms with Crippen LogP contribution in [0.15, 0.2) is 11.6 Å². The van der Waals surface area contributed by atoms with Crippen molar-refractivity contribution in [2.45, 2.75) is 59.8 Å². The van der Waals surface area contributed by atoms with Gasteiger partial charge in [-0.1, -0.05) is 31.9 Å². The summed E-state index contributed by atoms with van der Waals surface area (Å²) in [7, 11) is 0. The molecule has 0 saturated carbocycles. The second-order valence-electron chi connectivity index (χ2n) is 4.86. The minimum Gasteiger partial charge on any atom is -0.317 e. The molecule has 1 unspecified atom stereocenters. The van der Waals surface area contributed by atoms with Crippen LogP contribution < -0.4 is 5.32 Å². The first-order valence-corrected chi connectivity index (χ1v) is 6.50. The highest BCUT2D eigenvalue weighted by Gasteiger charge is 1.99. The molecular formula is C14H29N. The van der Waals surface area contributed by atoms with Crippen LogP contribution in [0.1, 0.15) is 59.8 Å². The van der Waals surface area contributed by atoms with Gasteiger partial charge < -0.3 is 5.32 Å². The van der Waals surface area contributed by atoms with Crippen LogP contribution in [-0.4, -0.2) is 13.1 Å². The van der Waals surface area contributed by atoms with Gasteiger partial charge in [-0.2, -0.15) is 0 Å². The van der Waals surface area contributed by atoms with Crippen molar-refractivity contribution in [1.82, 2.24) is 5.32 Å². The third-order valence-electron chi connectivity index (χ3n) is 2.73. The van der Waals surface area contributed by atoms with E-state index < -0.39 is 0 Å². The van der Waals surface area contributed by atoms with E-state index in [1.165, 1.54) is 50.8 Å². The second-order valence-corrected chi connectivity index (χ2v) is 4.86. The standard InChI is InChI=1S/C14H29N/c1-5-6-11-15-12-10-14(4)9-7-8-13(2)3/h8,14-15H,5-7,9-12H2,1-4H3. The lowest BCUT2D eigenvalue weighted by Gasteiger charge is -2.10. The topological polar surface area (TPSA) is 12.0 Å². The van der Waals surface area contributed by atoms with Gasteiger partial charge in [0.1, 0.15) is 0 Å². The summed E-state index contributed by atoms with van der Waals surface area (Å²) in [6, 6.07) is 0. The predicted molar refractivity (Wildman–Crippen MR) is 70.2 cm³/mol. The van der Waals surface area contributed by atoms with Gasteiger partial charge in [0, 0.05) is 0 Å². The molecule has 0 aromatic rings. The third-order valence-corrected chi connectivity index (χ3v) is 2.73. The first kappa shape index (κ1) is 14.7. The van der Waals surface area contributed by atoms with Crippen molar-refractivity contribution in [3.05, 3.63) is 11.6 Å². The molecule has 1 heteroatoms. The van der Waals surface area contributed by atoms with Crippen LogP contribution in [-0.2, 0) is 0 Å². The highest BCUT2D eigenvalue weighted by atomic mass is 14.8. The summed E-state index contributed by atoms with van der Waals surface area (Å²) in [4.78, 5) is 0. The lowest BCUT2D eigenvalue weighted by atomic mass is 10.0. The van der Waals surface area contributed by atoms with E-state index in [1.807, 2.05) is 0 Å². The maximum Gasteiger partial charge on any atom is -0.00464 e. The summed E-state index contributed by atoms with van der Waals surface area (Å²) in [5.74, 6) is 0.856. The predicted octanol–water partition coefficient (Wildman–Crippen LogP) is 4.15. The molecule has 1 nitrogen and oxygen atoms in total. The molecule has 0 fully saturated rings. The molecule has 1 atom stereocenters. The Labute approximate surface area is 96.3 Å². The summed E-state index contributed by atoms with van der Waals surface area (Å²) >= 11 is 0. The van der Waals surface area contributed by atoms with Gasteiger partial charge in [0.15, 0.2) is 0 Å². The highest BCUT2D eigenvalue weighted by molar-refractivity contribution is 4.92. The quantitative estimate of drug-likeness (QED) is 0.446. The summed E-state index contributed by atoms with van der Waals surface area (Å²) in [5.41, 5.74) is 1.45. The van der Waals surface area contributed by atoms with Crippen LogP contribution in [0.2, 0.25) is 0 Å². The Balaban J connectivity index is 3.26. The van der Waals surface area contributed by atoms with Crippen molar-refractivity contribution in [1.29, 1.82) is 0 Å². The smallest absolute Gasteiger partial charge is 0.00464 e. The number of hydrogen-bond acceptors (Lipinski definition) is 1. The molecule has 90 valence electrons. The molecule has 0 rings (SSSR count). The summed E-state index contributed by atoms with van der Waals surface area (Å²) in [5, 5.41) is 3.50. The van der Waals surface area contributed by atoms with Gasteiger partial charge in [0.25, 0.3) is 0 Å². The van der Waals surface area contributed by atoms with Crippen molar-refractivity contribution in [3.63, 3.8) is 0 Å². The van der Waals surface area contributed by atoms with E-state index in [9.17, 15) is 0 Å². The van der Waals surface area contributed by atoms with Gasteiger partial charge >= 0.3 is 0 Å².